The summed E-state index contributed by atoms with van der Waals surface area (Å²) in [7, 11) is 0. The van der Waals surface area contributed by atoms with E-state index in [0.717, 1.165) is 5.56 Å². The van der Waals surface area contributed by atoms with Gasteiger partial charge >= 0.3 is 6.09 Å². The van der Waals surface area contributed by atoms with Crippen molar-refractivity contribution in [1.29, 1.82) is 0 Å². The Hall–Kier alpha value is -2.57. The lowest BCUT2D eigenvalue weighted by atomic mass is 9.99. The summed E-state index contributed by atoms with van der Waals surface area (Å²) in [5.41, 5.74) is 0.820. The number of rotatable bonds is 8. The molecule has 2 atom stereocenters. The number of ether oxygens (including phenoxy) is 1. The van der Waals surface area contributed by atoms with Crippen molar-refractivity contribution in [2.45, 2.75) is 32.9 Å². The van der Waals surface area contributed by atoms with Gasteiger partial charge in [-0.3, -0.25) is 4.79 Å². The average Bonchev–Trinajstić information content (AvgIpc) is 2.55. The van der Waals surface area contributed by atoms with Crippen molar-refractivity contribution in [3.63, 3.8) is 0 Å². The molecule has 0 bridgehead atoms. The third-order valence-electron chi connectivity index (χ3n) is 3.39. The van der Waals surface area contributed by atoms with E-state index in [1.54, 1.807) is 19.1 Å². The van der Waals surface area contributed by atoms with Gasteiger partial charge in [0.2, 0.25) is 5.91 Å². The Morgan fingerprint density at radius 2 is 1.87 bits per heavy atom. The number of aliphatic carboxylic acids is 1. The van der Waals surface area contributed by atoms with Gasteiger partial charge in [-0.15, -0.1) is 0 Å². The second-order valence-electron chi connectivity index (χ2n) is 5.17. The first-order chi connectivity index (χ1) is 10.9. The molecule has 7 nitrogen and oxygen atoms in total. The van der Waals surface area contributed by atoms with E-state index in [2.05, 4.69) is 10.6 Å². The molecule has 1 aromatic rings. The summed E-state index contributed by atoms with van der Waals surface area (Å²) in [6, 6.07) is 8.00. The van der Waals surface area contributed by atoms with Crippen LogP contribution in [-0.4, -0.2) is 30.6 Å². The van der Waals surface area contributed by atoms with Crippen LogP contribution >= 0.6 is 0 Å². The van der Waals surface area contributed by atoms with Gasteiger partial charge in [0.05, 0.1) is 12.0 Å². The van der Waals surface area contributed by atoms with E-state index in [1.165, 1.54) is 0 Å². The maximum Gasteiger partial charge on any atom is 0.407 e. The SMILES string of the molecule is CC[C@H](C)[C@@H](NC(=O)CNC(=O)OCc1ccccc1)C(=O)[O-]. The van der Waals surface area contributed by atoms with Gasteiger partial charge in [0.1, 0.15) is 13.2 Å². The van der Waals surface area contributed by atoms with Gasteiger partial charge < -0.3 is 25.3 Å². The number of carbonyl (C=O) groups excluding carboxylic acids is 3. The fraction of sp³-hybridized carbons (Fsp3) is 0.438. The van der Waals surface area contributed by atoms with Crippen molar-refractivity contribution < 1.29 is 24.2 Å². The summed E-state index contributed by atoms with van der Waals surface area (Å²) in [5.74, 6) is -2.23. The highest BCUT2D eigenvalue weighted by atomic mass is 16.5. The van der Waals surface area contributed by atoms with E-state index in [0.29, 0.717) is 6.42 Å². The first-order valence-corrected chi connectivity index (χ1v) is 7.38. The molecule has 126 valence electrons. The summed E-state index contributed by atoms with van der Waals surface area (Å²) < 4.78 is 4.94. The molecule has 0 spiro atoms. The number of carbonyl (C=O) groups is 3. The second-order valence-corrected chi connectivity index (χ2v) is 5.17. The van der Waals surface area contributed by atoms with Crippen LogP contribution < -0.4 is 15.7 Å². The average molecular weight is 321 g/mol. The normalized spacial score (nSPS) is 12.8. The third-order valence-corrected chi connectivity index (χ3v) is 3.39. The maximum atomic E-state index is 11.7. The van der Waals surface area contributed by atoms with Gasteiger partial charge in [0.15, 0.2) is 0 Å². The van der Waals surface area contributed by atoms with E-state index < -0.39 is 24.0 Å². The molecule has 0 saturated carbocycles. The first-order valence-electron chi connectivity index (χ1n) is 7.38. The van der Waals surface area contributed by atoms with E-state index in [1.807, 2.05) is 25.1 Å². The standard InChI is InChI=1S/C16H22N2O5/c1-3-11(2)14(15(20)21)18-13(19)9-17-16(22)23-10-12-7-5-4-6-8-12/h4-8,11,14H,3,9-10H2,1-2H3,(H,17,22)(H,18,19)(H,20,21)/p-1/t11-,14+/m0/s1. The Balaban J connectivity index is 2.34. The van der Waals surface area contributed by atoms with Crippen molar-refractivity contribution in [1.82, 2.24) is 10.6 Å². The molecule has 0 fully saturated rings. The van der Waals surface area contributed by atoms with Gasteiger partial charge in [0, 0.05) is 0 Å². The molecule has 0 aliphatic rings. The van der Waals surface area contributed by atoms with Crippen LogP contribution in [0.1, 0.15) is 25.8 Å². The van der Waals surface area contributed by atoms with E-state index in [-0.39, 0.29) is 19.1 Å². The molecule has 1 rings (SSSR count). The highest BCUT2D eigenvalue weighted by Crippen LogP contribution is 2.06. The highest BCUT2D eigenvalue weighted by Gasteiger charge is 2.19. The monoisotopic (exact) mass is 321 g/mol. The van der Waals surface area contributed by atoms with Crippen LogP contribution in [0.5, 0.6) is 0 Å². The molecule has 2 amide bonds. The largest absolute Gasteiger partial charge is 0.548 e. The van der Waals surface area contributed by atoms with E-state index in [9.17, 15) is 19.5 Å². The van der Waals surface area contributed by atoms with Gasteiger partial charge in [-0.25, -0.2) is 4.79 Å². The minimum absolute atomic E-state index is 0.0861. The lowest BCUT2D eigenvalue weighted by molar-refractivity contribution is -0.309. The first kappa shape index (κ1) is 18.5. The lowest BCUT2D eigenvalue weighted by Gasteiger charge is -2.25. The Labute approximate surface area is 135 Å². The maximum absolute atomic E-state index is 11.7. The quantitative estimate of drug-likeness (QED) is 0.711. The van der Waals surface area contributed by atoms with Crippen LogP contribution in [0.15, 0.2) is 30.3 Å². The van der Waals surface area contributed by atoms with Crippen LogP contribution in [-0.2, 0) is 20.9 Å². The zero-order valence-corrected chi connectivity index (χ0v) is 13.2. The number of hydrogen-bond donors (Lipinski definition) is 2. The number of alkyl carbamates (subject to hydrolysis) is 1. The van der Waals surface area contributed by atoms with Crippen molar-refractivity contribution in [3.05, 3.63) is 35.9 Å². The molecule has 0 aliphatic carbocycles. The molecular weight excluding hydrogens is 300 g/mol. The van der Waals surface area contributed by atoms with Crippen LogP contribution in [0.3, 0.4) is 0 Å². The molecular formula is C16H21N2O5-. The molecule has 0 heterocycles. The molecule has 2 N–H and O–H groups in total. The molecule has 23 heavy (non-hydrogen) atoms. The summed E-state index contributed by atoms with van der Waals surface area (Å²) in [5, 5.41) is 15.6. The number of nitrogens with one attached hydrogen (secondary N) is 2. The number of benzene rings is 1. The van der Waals surface area contributed by atoms with Crippen LogP contribution in [0.2, 0.25) is 0 Å². The van der Waals surface area contributed by atoms with Crippen LogP contribution in [0.25, 0.3) is 0 Å². The molecule has 1 aromatic carbocycles. The van der Waals surface area contributed by atoms with Gasteiger partial charge in [-0.2, -0.15) is 0 Å². The Morgan fingerprint density at radius 1 is 1.22 bits per heavy atom. The molecule has 0 radical (unpaired) electrons. The Bertz CT molecular complexity index is 533. The minimum atomic E-state index is -1.35. The zero-order valence-electron chi connectivity index (χ0n) is 13.2. The molecule has 0 unspecified atom stereocenters. The summed E-state index contributed by atoms with van der Waals surface area (Å²) >= 11 is 0. The van der Waals surface area contributed by atoms with Gasteiger partial charge in [0.25, 0.3) is 0 Å². The fourth-order valence-electron chi connectivity index (χ4n) is 1.82. The van der Waals surface area contributed by atoms with E-state index >= 15 is 0 Å². The van der Waals surface area contributed by atoms with Crippen molar-refractivity contribution in [2.75, 3.05) is 6.54 Å². The minimum Gasteiger partial charge on any atom is -0.548 e. The summed E-state index contributed by atoms with van der Waals surface area (Å²) in [4.78, 5) is 34.2. The summed E-state index contributed by atoms with van der Waals surface area (Å²) in [6.45, 7) is 3.23. The number of amides is 2. The van der Waals surface area contributed by atoms with Crippen molar-refractivity contribution in [2.24, 2.45) is 5.92 Å². The second kappa shape index (κ2) is 9.45. The summed E-state index contributed by atoms with van der Waals surface area (Å²) in [6.07, 6.45) is -0.177. The lowest BCUT2D eigenvalue weighted by Crippen LogP contribution is -2.53. The Kier molecular flexibility index (Phi) is 7.59. The fourth-order valence-corrected chi connectivity index (χ4v) is 1.82. The van der Waals surface area contributed by atoms with Crippen molar-refractivity contribution >= 4 is 18.0 Å². The smallest absolute Gasteiger partial charge is 0.407 e. The van der Waals surface area contributed by atoms with Gasteiger partial charge in [-0.1, -0.05) is 50.6 Å². The van der Waals surface area contributed by atoms with Crippen LogP contribution in [0.4, 0.5) is 4.79 Å². The van der Waals surface area contributed by atoms with E-state index in [4.69, 9.17) is 4.74 Å². The number of hydrogen-bond acceptors (Lipinski definition) is 5. The highest BCUT2D eigenvalue weighted by molar-refractivity contribution is 5.86. The zero-order chi connectivity index (χ0) is 17.2. The molecule has 7 heteroatoms. The Morgan fingerprint density at radius 3 is 2.43 bits per heavy atom. The van der Waals surface area contributed by atoms with Gasteiger partial charge in [-0.05, 0) is 11.5 Å². The predicted octanol–water partition coefficient (Wildman–Crippen LogP) is 0.194. The molecule has 0 aromatic heterocycles. The number of carboxylic acids is 1. The molecule has 0 saturated heterocycles. The molecule has 0 aliphatic heterocycles. The topological polar surface area (TPSA) is 108 Å². The predicted molar refractivity (Wildman–Crippen MR) is 81.0 cm³/mol. The third kappa shape index (κ3) is 6.82. The van der Waals surface area contributed by atoms with Crippen LogP contribution in [0, 0.1) is 5.92 Å². The van der Waals surface area contributed by atoms with Crippen molar-refractivity contribution in [3.8, 4) is 0 Å². The number of carboxylic acid groups (broad SMARTS) is 1.